The molecule has 5 rings (SSSR count). The van der Waals surface area contributed by atoms with E-state index in [0.717, 1.165) is 34.0 Å². The van der Waals surface area contributed by atoms with Crippen LogP contribution < -0.4 is 10.3 Å². The molecule has 0 aliphatic carbocycles. The predicted molar refractivity (Wildman–Crippen MR) is 118 cm³/mol. The van der Waals surface area contributed by atoms with Gasteiger partial charge in [-0.3, -0.25) is 9.36 Å². The lowest BCUT2D eigenvalue weighted by atomic mass is 10.2. The summed E-state index contributed by atoms with van der Waals surface area (Å²) in [5.41, 5.74) is 3.47. The number of rotatable bonds is 3. The molecule has 0 bridgehead atoms. The SMILES string of the molecule is COc1cccc(-c2nc(/C=C3/CCn4c3nc3cc(Cl)ccc3c4=O)cs2)c1. The lowest BCUT2D eigenvalue weighted by molar-refractivity contribution is 0.415. The van der Waals surface area contributed by atoms with Crippen molar-refractivity contribution in [1.29, 1.82) is 0 Å². The molecule has 3 heterocycles. The van der Waals surface area contributed by atoms with E-state index in [4.69, 9.17) is 26.3 Å². The molecule has 0 spiro atoms. The third-order valence-corrected chi connectivity index (χ3v) is 6.11. The van der Waals surface area contributed by atoms with E-state index in [1.54, 1.807) is 41.2 Å². The smallest absolute Gasteiger partial charge is 0.261 e. The van der Waals surface area contributed by atoms with Crippen LogP contribution in [0.4, 0.5) is 0 Å². The molecule has 144 valence electrons. The highest BCUT2D eigenvalue weighted by Crippen LogP contribution is 2.31. The Balaban J connectivity index is 1.55. The Morgan fingerprint density at radius 3 is 2.97 bits per heavy atom. The summed E-state index contributed by atoms with van der Waals surface area (Å²) in [6.45, 7) is 0.623. The monoisotopic (exact) mass is 421 g/mol. The van der Waals surface area contributed by atoms with Crippen LogP contribution in [-0.2, 0) is 6.54 Å². The number of hydrogen-bond donors (Lipinski definition) is 0. The minimum Gasteiger partial charge on any atom is -0.497 e. The number of ether oxygens (including phenoxy) is 1. The van der Waals surface area contributed by atoms with Crippen molar-refractivity contribution < 1.29 is 4.74 Å². The van der Waals surface area contributed by atoms with Crippen molar-refractivity contribution in [2.24, 2.45) is 0 Å². The summed E-state index contributed by atoms with van der Waals surface area (Å²) in [4.78, 5) is 22.3. The van der Waals surface area contributed by atoms with Crippen LogP contribution in [0.1, 0.15) is 17.9 Å². The van der Waals surface area contributed by atoms with Gasteiger partial charge >= 0.3 is 0 Å². The second-order valence-corrected chi connectivity index (χ2v) is 8.08. The zero-order valence-electron chi connectivity index (χ0n) is 15.6. The van der Waals surface area contributed by atoms with Crippen molar-refractivity contribution in [1.82, 2.24) is 14.5 Å². The Bertz CT molecular complexity index is 1340. The van der Waals surface area contributed by atoms with Crippen molar-refractivity contribution in [3.63, 3.8) is 0 Å². The van der Waals surface area contributed by atoms with Gasteiger partial charge in [0.05, 0.1) is 23.7 Å². The lowest BCUT2D eigenvalue weighted by Gasteiger charge is -2.05. The highest BCUT2D eigenvalue weighted by molar-refractivity contribution is 7.13. The summed E-state index contributed by atoms with van der Waals surface area (Å²) in [5, 5.41) is 4.10. The van der Waals surface area contributed by atoms with Gasteiger partial charge in [0.1, 0.15) is 16.6 Å². The highest BCUT2D eigenvalue weighted by Gasteiger charge is 2.21. The van der Waals surface area contributed by atoms with Gasteiger partial charge < -0.3 is 4.74 Å². The van der Waals surface area contributed by atoms with E-state index in [1.165, 1.54) is 0 Å². The summed E-state index contributed by atoms with van der Waals surface area (Å²) < 4.78 is 7.03. The van der Waals surface area contributed by atoms with E-state index in [0.29, 0.717) is 28.3 Å². The largest absolute Gasteiger partial charge is 0.497 e. The standard InChI is InChI=1S/C22H16ClN3O2S/c1-28-17-4-2-3-14(10-17)21-24-16(12-29-21)9-13-7-8-26-20(13)25-19-11-15(23)5-6-18(19)22(26)27/h2-6,9-12H,7-8H2,1H3/b13-9-. The Morgan fingerprint density at radius 2 is 2.10 bits per heavy atom. The van der Waals surface area contributed by atoms with Crippen molar-refractivity contribution in [3.05, 3.63) is 74.7 Å². The number of nitrogens with zero attached hydrogens (tertiary/aromatic N) is 3. The normalized spacial score (nSPS) is 14.5. The van der Waals surface area contributed by atoms with Gasteiger partial charge in [0.25, 0.3) is 5.56 Å². The fraction of sp³-hybridized carbons (Fsp3) is 0.136. The molecule has 0 amide bonds. The van der Waals surface area contributed by atoms with Crippen LogP contribution in [0.5, 0.6) is 5.75 Å². The second-order valence-electron chi connectivity index (χ2n) is 6.78. The third-order valence-electron chi connectivity index (χ3n) is 4.97. The highest BCUT2D eigenvalue weighted by atomic mass is 35.5. The van der Waals surface area contributed by atoms with E-state index < -0.39 is 0 Å². The molecular formula is C22H16ClN3O2S. The van der Waals surface area contributed by atoms with Gasteiger partial charge in [-0.05, 0) is 48.4 Å². The van der Waals surface area contributed by atoms with Crippen LogP contribution in [0.2, 0.25) is 5.02 Å². The van der Waals surface area contributed by atoms with Gasteiger partial charge in [-0.2, -0.15) is 0 Å². The van der Waals surface area contributed by atoms with E-state index in [-0.39, 0.29) is 5.56 Å². The fourth-order valence-corrected chi connectivity index (χ4v) is 4.49. The van der Waals surface area contributed by atoms with Crippen molar-refractivity contribution in [2.45, 2.75) is 13.0 Å². The first-order valence-corrected chi connectivity index (χ1v) is 10.4. The third kappa shape index (κ3) is 3.24. The topological polar surface area (TPSA) is 57.0 Å². The van der Waals surface area contributed by atoms with E-state index in [9.17, 15) is 4.79 Å². The predicted octanol–water partition coefficient (Wildman–Crippen LogP) is 5.13. The quantitative estimate of drug-likeness (QED) is 0.460. The van der Waals surface area contributed by atoms with Crippen LogP contribution in [0.15, 0.2) is 52.6 Å². The number of methoxy groups -OCH3 is 1. The minimum atomic E-state index is -0.0274. The maximum atomic E-state index is 12.8. The number of hydrogen-bond acceptors (Lipinski definition) is 5. The Labute approximate surface area is 175 Å². The summed E-state index contributed by atoms with van der Waals surface area (Å²) in [7, 11) is 1.65. The zero-order chi connectivity index (χ0) is 20.0. The Morgan fingerprint density at radius 1 is 1.21 bits per heavy atom. The summed E-state index contributed by atoms with van der Waals surface area (Å²) in [6, 6.07) is 13.0. The minimum absolute atomic E-state index is 0.0274. The van der Waals surface area contributed by atoms with Gasteiger partial charge in [0.2, 0.25) is 0 Å². The molecule has 1 aliphatic heterocycles. The molecule has 0 radical (unpaired) electrons. The first-order valence-electron chi connectivity index (χ1n) is 9.13. The van der Waals surface area contributed by atoms with Crippen LogP contribution in [0.3, 0.4) is 0 Å². The van der Waals surface area contributed by atoms with Crippen LogP contribution in [-0.4, -0.2) is 21.6 Å². The number of allylic oxidation sites excluding steroid dienone is 1. The molecule has 2 aromatic carbocycles. The zero-order valence-corrected chi connectivity index (χ0v) is 17.1. The first-order chi connectivity index (χ1) is 14.1. The molecule has 0 saturated heterocycles. The van der Waals surface area contributed by atoms with Crippen molar-refractivity contribution in [3.8, 4) is 16.3 Å². The van der Waals surface area contributed by atoms with Crippen LogP contribution in [0, 0.1) is 0 Å². The van der Waals surface area contributed by atoms with Crippen LogP contribution >= 0.6 is 22.9 Å². The number of thiazole rings is 1. The molecule has 7 heteroatoms. The van der Waals surface area contributed by atoms with E-state index in [2.05, 4.69) is 0 Å². The molecule has 0 unspecified atom stereocenters. The molecule has 0 N–H and O–H groups in total. The average Bonchev–Trinajstić information content (AvgIpc) is 3.36. The van der Waals surface area contributed by atoms with Crippen molar-refractivity contribution >= 4 is 45.5 Å². The summed E-state index contributed by atoms with van der Waals surface area (Å²) in [5.74, 6) is 1.50. The fourth-order valence-electron chi connectivity index (χ4n) is 3.55. The second kappa shape index (κ2) is 7.13. The molecule has 29 heavy (non-hydrogen) atoms. The molecular weight excluding hydrogens is 406 g/mol. The summed E-state index contributed by atoms with van der Waals surface area (Å²) in [6.07, 6.45) is 2.76. The molecule has 5 nitrogen and oxygen atoms in total. The molecule has 0 atom stereocenters. The molecule has 2 aromatic heterocycles. The maximum Gasteiger partial charge on any atom is 0.261 e. The van der Waals surface area contributed by atoms with Gasteiger partial charge in [-0.25, -0.2) is 9.97 Å². The van der Waals surface area contributed by atoms with Crippen molar-refractivity contribution in [2.75, 3.05) is 7.11 Å². The number of benzene rings is 2. The number of fused-ring (bicyclic) bond motifs is 2. The Hall–Kier alpha value is -2.96. The molecule has 1 aliphatic rings. The Kier molecular flexibility index (Phi) is 4.45. The number of aromatic nitrogens is 3. The van der Waals surface area contributed by atoms with Gasteiger partial charge in [0.15, 0.2) is 0 Å². The van der Waals surface area contributed by atoms with E-state index in [1.807, 2.05) is 35.7 Å². The molecule has 0 fully saturated rings. The first kappa shape index (κ1) is 18.1. The van der Waals surface area contributed by atoms with Gasteiger partial charge in [-0.15, -0.1) is 11.3 Å². The van der Waals surface area contributed by atoms with Gasteiger partial charge in [0, 0.05) is 22.5 Å². The molecule has 4 aromatic rings. The van der Waals surface area contributed by atoms with Crippen LogP contribution in [0.25, 0.3) is 33.1 Å². The summed E-state index contributed by atoms with van der Waals surface area (Å²) >= 11 is 7.67. The maximum absolute atomic E-state index is 12.8. The molecule has 0 saturated carbocycles. The van der Waals surface area contributed by atoms with E-state index >= 15 is 0 Å². The van der Waals surface area contributed by atoms with Gasteiger partial charge in [-0.1, -0.05) is 23.7 Å². The average molecular weight is 422 g/mol. The lowest BCUT2D eigenvalue weighted by Crippen LogP contribution is -2.20. The number of halogens is 1.